The van der Waals surface area contributed by atoms with Crippen LogP contribution >= 0.6 is 15.9 Å². The monoisotopic (exact) mass is 343 g/mol. The van der Waals surface area contributed by atoms with Gasteiger partial charge in [-0.05, 0) is 24.6 Å². The number of hydrogen-bond donors (Lipinski definition) is 0. The van der Waals surface area contributed by atoms with Gasteiger partial charge in [-0.15, -0.1) is 0 Å². The number of alkyl halides is 3. The maximum Gasteiger partial charge on any atom is 0.417 e. The average molecular weight is 344 g/mol. The summed E-state index contributed by atoms with van der Waals surface area (Å²) in [4.78, 5) is 0. The smallest absolute Gasteiger partial charge is 0.270 e. The molecule has 3 nitrogen and oxygen atoms in total. The number of rotatable bonds is 1. The molecule has 1 saturated heterocycles. The summed E-state index contributed by atoms with van der Waals surface area (Å²) in [5, 5.41) is 0. The van der Waals surface area contributed by atoms with Gasteiger partial charge in [0, 0.05) is 11.0 Å². The standard InChI is InChI=1S/C10H9BrF3NO2S/c11-9-3-2-7(6-8(9)10(12,13)14)15-4-1-5-18(15,16)17/h2-3,6H,1,4-5H2. The molecule has 1 aromatic rings. The van der Waals surface area contributed by atoms with E-state index in [4.69, 9.17) is 0 Å². The number of hydrogen-bond acceptors (Lipinski definition) is 2. The maximum atomic E-state index is 12.7. The van der Waals surface area contributed by atoms with E-state index in [2.05, 4.69) is 15.9 Å². The highest BCUT2D eigenvalue weighted by Crippen LogP contribution is 2.38. The molecule has 0 atom stereocenters. The summed E-state index contributed by atoms with van der Waals surface area (Å²) in [5.41, 5.74) is -0.815. The van der Waals surface area contributed by atoms with Crippen LogP contribution in [0.1, 0.15) is 12.0 Å². The zero-order valence-electron chi connectivity index (χ0n) is 9.04. The van der Waals surface area contributed by atoms with Gasteiger partial charge < -0.3 is 0 Å². The maximum absolute atomic E-state index is 12.7. The van der Waals surface area contributed by atoms with Crippen LogP contribution in [0.25, 0.3) is 0 Å². The van der Waals surface area contributed by atoms with E-state index in [0.717, 1.165) is 10.4 Å². The Morgan fingerprint density at radius 3 is 2.44 bits per heavy atom. The molecule has 1 heterocycles. The second-order valence-corrected chi connectivity index (χ2v) is 6.77. The van der Waals surface area contributed by atoms with Crippen molar-refractivity contribution in [2.45, 2.75) is 12.6 Å². The number of halogens is 4. The van der Waals surface area contributed by atoms with E-state index in [1.54, 1.807) is 0 Å². The summed E-state index contributed by atoms with van der Waals surface area (Å²) in [6.45, 7) is 0.223. The average Bonchev–Trinajstić information content (AvgIpc) is 2.57. The van der Waals surface area contributed by atoms with Gasteiger partial charge in [0.15, 0.2) is 0 Å². The number of anilines is 1. The molecular formula is C10H9BrF3NO2S. The van der Waals surface area contributed by atoms with Crippen LogP contribution in [0, 0.1) is 0 Å². The number of nitrogens with zero attached hydrogens (tertiary/aromatic N) is 1. The lowest BCUT2D eigenvalue weighted by atomic mass is 10.2. The van der Waals surface area contributed by atoms with Crippen molar-refractivity contribution >= 4 is 31.6 Å². The molecular weight excluding hydrogens is 335 g/mol. The van der Waals surface area contributed by atoms with Crippen molar-refractivity contribution < 1.29 is 21.6 Å². The SMILES string of the molecule is O=S1(=O)CCCN1c1ccc(Br)c(C(F)(F)F)c1. The highest BCUT2D eigenvalue weighted by Gasteiger charge is 2.35. The highest BCUT2D eigenvalue weighted by atomic mass is 79.9. The molecule has 0 unspecified atom stereocenters. The third-order valence-electron chi connectivity index (χ3n) is 2.64. The van der Waals surface area contributed by atoms with Crippen LogP contribution in [0.5, 0.6) is 0 Å². The van der Waals surface area contributed by atoms with Gasteiger partial charge >= 0.3 is 6.18 Å². The molecule has 0 saturated carbocycles. The quantitative estimate of drug-likeness (QED) is 0.786. The van der Waals surface area contributed by atoms with Gasteiger partial charge in [0.05, 0.1) is 17.0 Å². The minimum atomic E-state index is -4.52. The van der Waals surface area contributed by atoms with Crippen LogP contribution in [0.3, 0.4) is 0 Å². The first-order valence-corrected chi connectivity index (χ1v) is 7.49. The Labute approximate surface area is 111 Å². The molecule has 1 aliphatic heterocycles. The van der Waals surface area contributed by atoms with Gasteiger partial charge in [-0.3, -0.25) is 4.31 Å². The predicted octanol–water partition coefficient (Wildman–Crippen LogP) is 3.01. The van der Waals surface area contributed by atoms with Crippen molar-refractivity contribution in [1.82, 2.24) is 0 Å². The third kappa shape index (κ3) is 2.49. The van der Waals surface area contributed by atoms with Gasteiger partial charge in [0.2, 0.25) is 10.0 Å². The molecule has 18 heavy (non-hydrogen) atoms. The minimum absolute atomic E-state index is 0.0234. The predicted molar refractivity (Wildman–Crippen MR) is 64.9 cm³/mol. The zero-order chi connectivity index (χ0) is 13.6. The minimum Gasteiger partial charge on any atom is -0.270 e. The highest BCUT2D eigenvalue weighted by molar-refractivity contribution is 9.10. The first-order valence-electron chi connectivity index (χ1n) is 5.09. The van der Waals surface area contributed by atoms with Crippen molar-refractivity contribution in [3.05, 3.63) is 28.2 Å². The van der Waals surface area contributed by atoms with Crippen LogP contribution in [0.4, 0.5) is 18.9 Å². The van der Waals surface area contributed by atoms with Crippen LogP contribution in [-0.2, 0) is 16.2 Å². The van der Waals surface area contributed by atoms with Crippen LogP contribution < -0.4 is 4.31 Å². The van der Waals surface area contributed by atoms with Crippen LogP contribution in [-0.4, -0.2) is 20.7 Å². The summed E-state index contributed by atoms with van der Waals surface area (Å²) < 4.78 is 62.3. The van der Waals surface area contributed by atoms with Crippen molar-refractivity contribution in [1.29, 1.82) is 0 Å². The normalized spacial score (nSPS) is 19.2. The number of sulfonamides is 1. The molecule has 1 aromatic carbocycles. The van der Waals surface area contributed by atoms with Gasteiger partial charge in [0.25, 0.3) is 0 Å². The van der Waals surface area contributed by atoms with Crippen molar-refractivity contribution in [2.75, 3.05) is 16.6 Å². The van der Waals surface area contributed by atoms with E-state index in [9.17, 15) is 21.6 Å². The number of benzene rings is 1. The molecule has 1 fully saturated rings. The topological polar surface area (TPSA) is 37.4 Å². The summed E-state index contributed by atoms with van der Waals surface area (Å²) in [6.07, 6.45) is -4.09. The molecule has 0 N–H and O–H groups in total. The largest absolute Gasteiger partial charge is 0.417 e. The van der Waals surface area contributed by atoms with Crippen LogP contribution in [0.15, 0.2) is 22.7 Å². The third-order valence-corrected chi connectivity index (χ3v) is 5.20. The van der Waals surface area contributed by atoms with Crippen LogP contribution in [0.2, 0.25) is 0 Å². The Hall–Kier alpha value is -0.760. The molecule has 2 rings (SSSR count). The second-order valence-electron chi connectivity index (χ2n) is 3.90. The van der Waals surface area contributed by atoms with Gasteiger partial charge in [-0.25, -0.2) is 8.42 Å². The molecule has 0 aromatic heterocycles. The Kier molecular flexibility index (Phi) is 3.35. The fraction of sp³-hybridized carbons (Fsp3) is 0.400. The van der Waals surface area contributed by atoms with E-state index >= 15 is 0 Å². The van der Waals surface area contributed by atoms with Crippen molar-refractivity contribution in [3.8, 4) is 0 Å². The van der Waals surface area contributed by atoms with E-state index in [1.165, 1.54) is 12.1 Å². The lowest BCUT2D eigenvalue weighted by Crippen LogP contribution is -2.25. The van der Waals surface area contributed by atoms with Crippen molar-refractivity contribution in [3.63, 3.8) is 0 Å². The van der Waals surface area contributed by atoms with Gasteiger partial charge in [0.1, 0.15) is 0 Å². The van der Waals surface area contributed by atoms with Gasteiger partial charge in [-0.2, -0.15) is 13.2 Å². The van der Waals surface area contributed by atoms with E-state index < -0.39 is 21.8 Å². The summed E-state index contributed by atoms with van der Waals surface area (Å²) in [7, 11) is -3.46. The van der Waals surface area contributed by atoms with E-state index in [1.807, 2.05) is 0 Å². The summed E-state index contributed by atoms with van der Waals surface area (Å²) >= 11 is 2.82. The Morgan fingerprint density at radius 1 is 1.28 bits per heavy atom. The fourth-order valence-corrected chi connectivity index (χ4v) is 3.84. The molecule has 0 spiro atoms. The lowest BCUT2D eigenvalue weighted by molar-refractivity contribution is -0.138. The molecule has 0 bridgehead atoms. The Morgan fingerprint density at radius 2 is 1.94 bits per heavy atom. The van der Waals surface area contributed by atoms with E-state index in [-0.39, 0.29) is 22.5 Å². The second kappa shape index (κ2) is 4.41. The Bertz CT molecular complexity index is 571. The molecule has 0 radical (unpaired) electrons. The van der Waals surface area contributed by atoms with Gasteiger partial charge in [-0.1, -0.05) is 15.9 Å². The molecule has 0 aliphatic carbocycles. The first-order chi connectivity index (χ1) is 8.22. The summed E-state index contributed by atoms with van der Waals surface area (Å²) in [6, 6.07) is 3.43. The molecule has 8 heteroatoms. The summed E-state index contributed by atoms with van der Waals surface area (Å²) in [5.74, 6) is -0.0234. The molecule has 1 aliphatic rings. The molecule has 0 amide bonds. The Balaban J connectivity index is 2.48. The zero-order valence-corrected chi connectivity index (χ0v) is 11.4. The van der Waals surface area contributed by atoms with Crippen molar-refractivity contribution in [2.24, 2.45) is 0 Å². The lowest BCUT2D eigenvalue weighted by Gasteiger charge is -2.19. The first kappa shape index (κ1) is 13.7. The van der Waals surface area contributed by atoms with E-state index in [0.29, 0.717) is 6.42 Å². The molecule has 100 valence electrons. The fourth-order valence-electron chi connectivity index (χ4n) is 1.82.